The van der Waals surface area contributed by atoms with Gasteiger partial charge in [-0.1, -0.05) is 12.1 Å². The highest BCUT2D eigenvalue weighted by Crippen LogP contribution is 2.60. The maximum atomic E-state index is 5.73. The van der Waals surface area contributed by atoms with Crippen LogP contribution in [-0.4, -0.2) is 13.2 Å². The van der Waals surface area contributed by atoms with Crippen LogP contribution in [0.15, 0.2) is 24.3 Å². The van der Waals surface area contributed by atoms with E-state index in [-0.39, 0.29) is 0 Å². The van der Waals surface area contributed by atoms with Crippen molar-refractivity contribution >= 4 is 0 Å². The molecule has 0 unspecified atom stereocenters. The third-order valence-corrected chi connectivity index (χ3v) is 5.87. The van der Waals surface area contributed by atoms with Gasteiger partial charge in [0.1, 0.15) is 12.4 Å². The van der Waals surface area contributed by atoms with Crippen molar-refractivity contribution in [2.45, 2.75) is 43.9 Å². The van der Waals surface area contributed by atoms with E-state index in [1.165, 1.54) is 44.1 Å². The van der Waals surface area contributed by atoms with Gasteiger partial charge in [-0.3, -0.25) is 0 Å². The Bertz CT molecular complexity index is 461. The molecule has 1 aromatic carbocycles. The zero-order chi connectivity index (χ0) is 13.6. The lowest BCUT2D eigenvalue weighted by atomic mass is 9.48. The predicted octanol–water partition coefficient (Wildman–Crippen LogP) is 3.49. The molecule has 0 saturated heterocycles. The maximum Gasteiger partial charge on any atom is 0.119 e. The first kappa shape index (κ1) is 12.7. The molecule has 2 N–H and O–H groups in total. The average Bonchev–Trinajstić information content (AvgIpc) is 2.44. The molecule has 0 spiro atoms. The summed E-state index contributed by atoms with van der Waals surface area (Å²) in [6, 6.07) is 8.87. The Kier molecular flexibility index (Phi) is 3.03. The Hall–Kier alpha value is -1.02. The van der Waals surface area contributed by atoms with Crippen molar-refractivity contribution in [3.63, 3.8) is 0 Å². The van der Waals surface area contributed by atoms with E-state index in [1.54, 1.807) is 0 Å². The van der Waals surface area contributed by atoms with Crippen LogP contribution in [0.1, 0.15) is 44.1 Å². The standard InChI is InChI=1S/C18H25NO/c19-4-5-20-17-3-1-2-16(9-17)18-10-13-6-14(11-18)8-15(7-13)12-18/h1-3,9,13-15H,4-8,10-12,19H2. The first-order valence-electron chi connectivity index (χ1n) is 8.21. The predicted molar refractivity (Wildman–Crippen MR) is 80.8 cm³/mol. The second-order valence-corrected chi connectivity index (χ2v) is 7.36. The smallest absolute Gasteiger partial charge is 0.119 e. The maximum absolute atomic E-state index is 5.73. The SMILES string of the molecule is NCCOc1cccc(C23CC4CC(CC(C4)C2)C3)c1. The van der Waals surface area contributed by atoms with E-state index in [0.29, 0.717) is 18.6 Å². The minimum absolute atomic E-state index is 0.469. The van der Waals surface area contributed by atoms with Crippen molar-refractivity contribution < 1.29 is 4.74 Å². The summed E-state index contributed by atoms with van der Waals surface area (Å²) in [5, 5.41) is 0. The number of ether oxygens (including phenoxy) is 1. The fraction of sp³-hybridized carbons (Fsp3) is 0.667. The van der Waals surface area contributed by atoms with Gasteiger partial charge in [0.05, 0.1) is 0 Å². The Labute approximate surface area is 121 Å². The molecule has 4 aliphatic rings. The molecular formula is C18H25NO. The fourth-order valence-electron chi connectivity index (χ4n) is 5.56. The number of hydrogen-bond acceptors (Lipinski definition) is 2. The third kappa shape index (κ3) is 2.05. The number of hydrogen-bond donors (Lipinski definition) is 1. The van der Waals surface area contributed by atoms with E-state index in [9.17, 15) is 0 Å². The van der Waals surface area contributed by atoms with Crippen LogP contribution in [0.25, 0.3) is 0 Å². The molecule has 0 atom stereocenters. The summed E-state index contributed by atoms with van der Waals surface area (Å²) in [4.78, 5) is 0. The van der Waals surface area contributed by atoms with Gasteiger partial charge >= 0.3 is 0 Å². The quantitative estimate of drug-likeness (QED) is 0.909. The van der Waals surface area contributed by atoms with Crippen LogP contribution in [-0.2, 0) is 5.41 Å². The van der Waals surface area contributed by atoms with Gasteiger partial charge in [0, 0.05) is 6.54 Å². The summed E-state index contributed by atoms with van der Waals surface area (Å²) < 4.78 is 5.73. The van der Waals surface area contributed by atoms with Crippen LogP contribution in [0.2, 0.25) is 0 Å². The first-order valence-corrected chi connectivity index (χ1v) is 8.21. The molecule has 0 radical (unpaired) electrons. The van der Waals surface area contributed by atoms with Gasteiger partial charge < -0.3 is 10.5 Å². The highest BCUT2D eigenvalue weighted by Gasteiger charge is 2.51. The number of nitrogens with two attached hydrogens (primary N) is 1. The van der Waals surface area contributed by atoms with E-state index >= 15 is 0 Å². The lowest BCUT2D eigenvalue weighted by Gasteiger charge is -2.57. The number of benzene rings is 1. The molecule has 4 aliphatic carbocycles. The Morgan fingerprint density at radius 1 is 1.05 bits per heavy atom. The van der Waals surface area contributed by atoms with Gasteiger partial charge in [-0.25, -0.2) is 0 Å². The zero-order valence-corrected chi connectivity index (χ0v) is 12.2. The van der Waals surface area contributed by atoms with Gasteiger partial charge in [0.2, 0.25) is 0 Å². The minimum atomic E-state index is 0.469. The lowest BCUT2D eigenvalue weighted by Crippen LogP contribution is -2.48. The van der Waals surface area contributed by atoms with Gasteiger partial charge in [0.15, 0.2) is 0 Å². The van der Waals surface area contributed by atoms with Gasteiger partial charge in [0.25, 0.3) is 0 Å². The normalized spacial score (nSPS) is 38.1. The molecule has 0 heterocycles. The van der Waals surface area contributed by atoms with Gasteiger partial charge in [-0.15, -0.1) is 0 Å². The van der Waals surface area contributed by atoms with Gasteiger partial charge in [-0.2, -0.15) is 0 Å². The second-order valence-electron chi connectivity index (χ2n) is 7.36. The molecule has 2 nitrogen and oxygen atoms in total. The highest BCUT2D eigenvalue weighted by molar-refractivity contribution is 5.36. The molecule has 1 aromatic rings. The van der Waals surface area contributed by atoms with Crippen LogP contribution >= 0.6 is 0 Å². The van der Waals surface area contributed by atoms with Gasteiger partial charge in [-0.05, 0) is 79.4 Å². The summed E-state index contributed by atoms with van der Waals surface area (Å²) >= 11 is 0. The summed E-state index contributed by atoms with van der Waals surface area (Å²) in [5.74, 6) is 3.99. The average molecular weight is 271 g/mol. The molecule has 108 valence electrons. The third-order valence-electron chi connectivity index (χ3n) is 5.87. The topological polar surface area (TPSA) is 35.2 Å². The van der Waals surface area contributed by atoms with Crippen LogP contribution in [0, 0.1) is 17.8 Å². The van der Waals surface area contributed by atoms with E-state index in [4.69, 9.17) is 10.5 Å². The molecule has 0 aromatic heterocycles. The fourth-order valence-corrected chi connectivity index (χ4v) is 5.56. The zero-order valence-electron chi connectivity index (χ0n) is 12.2. The van der Waals surface area contributed by atoms with Crippen LogP contribution < -0.4 is 10.5 Å². The molecule has 2 heteroatoms. The molecule has 4 saturated carbocycles. The Morgan fingerprint density at radius 2 is 1.70 bits per heavy atom. The summed E-state index contributed by atoms with van der Waals surface area (Å²) in [6.07, 6.45) is 8.76. The van der Waals surface area contributed by atoms with Crippen LogP contribution in [0.4, 0.5) is 0 Å². The van der Waals surface area contributed by atoms with Crippen LogP contribution in [0.5, 0.6) is 5.75 Å². The van der Waals surface area contributed by atoms with Crippen molar-refractivity contribution in [1.29, 1.82) is 0 Å². The summed E-state index contributed by atoms with van der Waals surface area (Å²) in [6.45, 7) is 1.20. The Morgan fingerprint density at radius 3 is 2.30 bits per heavy atom. The molecular weight excluding hydrogens is 246 g/mol. The molecule has 0 amide bonds. The molecule has 20 heavy (non-hydrogen) atoms. The van der Waals surface area contributed by atoms with E-state index < -0.39 is 0 Å². The lowest BCUT2D eigenvalue weighted by molar-refractivity contribution is -0.00528. The van der Waals surface area contributed by atoms with E-state index in [0.717, 1.165) is 23.5 Å². The first-order chi connectivity index (χ1) is 9.77. The van der Waals surface area contributed by atoms with Crippen molar-refractivity contribution in [3.05, 3.63) is 29.8 Å². The molecule has 4 bridgehead atoms. The van der Waals surface area contributed by atoms with Crippen molar-refractivity contribution in [1.82, 2.24) is 0 Å². The Balaban J connectivity index is 1.63. The molecule has 0 aliphatic heterocycles. The van der Waals surface area contributed by atoms with Crippen molar-refractivity contribution in [3.8, 4) is 5.75 Å². The van der Waals surface area contributed by atoms with E-state index in [1.807, 2.05) is 0 Å². The minimum Gasteiger partial charge on any atom is -0.492 e. The van der Waals surface area contributed by atoms with Crippen molar-refractivity contribution in [2.24, 2.45) is 23.5 Å². The monoisotopic (exact) mass is 271 g/mol. The molecule has 5 rings (SSSR count). The summed E-state index contributed by atoms with van der Waals surface area (Å²) in [7, 11) is 0. The van der Waals surface area contributed by atoms with Crippen LogP contribution in [0.3, 0.4) is 0 Å². The second kappa shape index (κ2) is 4.77. The number of rotatable bonds is 4. The van der Waals surface area contributed by atoms with E-state index in [2.05, 4.69) is 24.3 Å². The summed E-state index contributed by atoms with van der Waals surface area (Å²) in [5.41, 5.74) is 7.54. The highest BCUT2D eigenvalue weighted by atomic mass is 16.5. The molecule has 4 fully saturated rings. The largest absolute Gasteiger partial charge is 0.492 e. The van der Waals surface area contributed by atoms with Crippen molar-refractivity contribution in [2.75, 3.05) is 13.2 Å².